The van der Waals surface area contributed by atoms with Gasteiger partial charge in [0.05, 0.1) is 19.7 Å². The van der Waals surface area contributed by atoms with E-state index in [1.54, 1.807) is 0 Å². The van der Waals surface area contributed by atoms with Crippen LogP contribution in [0.5, 0.6) is 5.75 Å². The number of hydrogen-bond donors (Lipinski definition) is 0. The first-order valence-electron chi connectivity index (χ1n) is 9.64. The summed E-state index contributed by atoms with van der Waals surface area (Å²) in [5.74, 6) is 2.00. The molecule has 1 heterocycles. The number of aromatic nitrogens is 2. The zero-order valence-electron chi connectivity index (χ0n) is 17.1. The van der Waals surface area contributed by atoms with Crippen molar-refractivity contribution in [1.82, 2.24) is 4.57 Å². The molecular formula is C21H33N2O3+. The Kier molecular flexibility index (Phi) is 6.68. The number of nitrogens with zero attached hydrogens (tertiary/aromatic N) is 2. The molecule has 0 unspecified atom stereocenters. The number of ether oxygens (including phenoxy) is 2. The Morgan fingerprint density at radius 3 is 2.54 bits per heavy atom. The fourth-order valence-corrected chi connectivity index (χ4v) is 3.28. The van der Waals surface area contributed by atoms with Gasteiger partial charge >= 0.3 is 5.97 Å². The minimum atomic E-state index is -0.412. The van der Waals surface area contributed by atoms with E-state index in [0.717, 1.165) is 31.7 Å². The van der Waals surface area contributed by atoms with Crippen molar-refractivity contribution in [2.45, 2.75) is 79.5 Å². The van der Waals surface area contributed by atoms with Gasteiger partial charge in [-0.2, -0.15) is 0 Å². The van der Waals surface area contributed by atoms with Crippen LogP contribution in [0.4, 0.5) is 0 Å². The van der Waals surface area contributed by atoms with Gasteiger partial charge in [0.15, 0.2) is 11.0 Å². The summed E-state index contributed by atoms with van der Waals surface area (Å²) in [5.41, 5.74) is 2.03. The van der Waals surface area contributed by atoms with Crippen molar-refractivity contribution in [1.29, 1.82) is 0 Å². The Hall–Kier alpha value is -2.04. The van der Waals surface area contributed by atoms with Gasteiger partial charge in [0.25, 0.3) is 5.82 Å². The second kappa shape index (κ2) is 8.56. The number of unbranched alkanes of at least 4 members (excludes halogenated alkanes) is 1. The fraction of sp³-hybridized carbons (Fsp3) is 0.619. The minimum absolute atomic E-state index is 0.140. The molecule has 5 nitrogen and oxygen atoms in total. The van der Waals surface area contributed by atoms with E-state index in [-0.39, 0.29) is 5.97 Å². The van der Waals surface area contributed by atoms with Crippen molar-refractivity contribution < 1.29 is 18.8 Å². The largest absolute Gasteiger partial charge is 0.493 e. The van der Waals surface area contributed by atoms with Crippen LogP contribution in [0.25, 0.3) is 11.0 Å². The van der Waals surface area contributed by atoms with Crippen LogP contribution in [0.1, 0.15) is 59.7 Å². The van der Waals surface area contributed by atoms with Crippen LogP contribution in [0.15, 0.2) is 18.2 Å². The molecule has 0 amide bonds. The molecule has 2 aromatic rings. The lowest BCUT2D eigenvalue weighted by molar-refractivity contribution is -0.674. The molecule has 0 N–H and O–H groups in total. The highest BCUT2D eigenvalue weighted by Crippen LogP contribution is 2.21. The molecule has 0 radical (unpaired) electrons. The first-order valence-corrected chi connectivity index (χ1v) is 9.64. The normalized spacial score (nSPS) is 11.8. The molecule has 0 aliphatic rings. The Morgan fingerprint density at radius 1 is 1.19 bits per heavy atom. The predicted octanol–water partition coefficient (Wildman–Crippen LogP) is 4.17. The van der Waals surface area contributed by atoms with E-state index in [1.165, 1.54) is 16.9 Å². The molecule has 0 fully saturated rings. The number of rotatable bonds is 8. The molecule has 0 aliphatic heterocycles. The average Bonchev–Trinajstić information content (AvgIpc) is 2.82. The van der Waals surface area contributed by atoms with Crippen molar-refractivity contribution in [3.05, 3.63) is 24.0 Å². The Balaban J connectivity index is 1.91. The molecule has 1 aromatic heterocycles. The number of benzene rings is 1. The topological polar surface area (TPSA) is 44.3 Å². The van der Waals surface area contributed by atoms with Crippen LogP contribution < -0.4 is 9.30 Å². The number of carbonyl (C=O) groups excluding carboxylic acids is 1. The zero-order valence-corrected chi connectivity index (χ0v) is 17.1. The maximum Gasteiger partial charge on any atom is 0.306 e. The van der Waals surface area contributed by atoms with Crippen LogP contribution in [-0.4, -0.2) is 22.7 Å². The summed E-state index contributed by atoms with van der Waals surface area (Å²) in [6.45, 7) is 14.7. The van der Waals surface area contributed by atoms with Gasteiger partial charge in [-0.15, -0.1) is 0 Å². The third-order valence-corrected chi connectivity index (χ3v) is 4.41. The lowest BCUT2D eigenvalue weighted by Crippen LogP contribution is -2.34. The summed E-state index contributed by atoms with van der Waals surface area (Å²) < 4.78 is 15.9. The van der Waals surface area contributed by atoms with Crippen LogP contribution in [0.3, 0.4) is 0 Å². The van der Waals surface area contributed by atoms with Crippen LogP contribution >= 0.6 is 0 Å². The van der Waals surface area contributed by atoms with Crippen LogP contribution in [0.2, 0.25) is 0 Å². The number of hydrogen-bond acceptors (Lipinski definition) is 3. The lowest BCUT2D eigenvalue weighted by Gasteiger charge is -2.19. The van der Waals surface area contributed by atoms with Crippen molar-refractivity contribution in [3.8, 4) is 5.75 Å². The molecule has 2 rings (SSSR count). The molecule has 1 aromatic carbocycles. The molecule has 0 atom stereocenters. The molecule has 0 bridgehead atoms. The first kappa shape index (κ1) is 20.3. The Bertz CT molecular complexity index is 757. The van der Waals surface area contributed by atoms with Crippen LogP contribution in [0, 0.1) is 6.92 Å². The number of esters is 1. The highest BCUT2D eigenvalue weighted by Gasteiger charge is 2.20. The maximum atomic E-state index is 11.7. The van der Waals surface area contributed by atoms with E-state index >= 15 is 0 Å². The summed E-state index contributed by atoms with van der Waals surface area (Å²) in [6, 6.07) is 6.28. The molecule has 26 heavy (non-hydrogen) atoms. The molecule has 144 valence electrons. The molecular weight excluding hydrogens is 328 g/mol. The van der Waals surface area contributed by atoms with Crippen molar-refractivity contribution in [2.24, 2.45) is 0 Å². The van der Waals surface area contributed by atoms with Gasteiger partial charge < -0.3 is 9.47 Å². The molecule has 5 heteroatoms. The summed E-state index contributed by atoms with van der Waals surface area (Å²) in [5, 5.41) is 0. The lowest BCUT2D eigenvalue weighted by atomic mass is 10.2. The molecule has 0 saturated heterocycles. The number of carbonyl (C=O) groups is 1. The number of fused-ring (bicyclic) bond motifs is 1. The van der Waals surface area contributed by atoms with Crippen molar-refractivity contribution in [3.63, 3.8) is 0 Å². The van der Waals surface area contributed by atoms with Crippen LogP contribution in [-0.2, 0) is 22.6 Å². The van der Waals surface area contributed by atoms with Gasteiger partial charge in [0.1, 0.15) is 11.4 Å². The number of imidazole rings is 1. The van der Waals surface area contributed by atoms with Gasteiger partial charge in [0, 0.05) is 19.4 Å². The Labute approximate surface area is 156 Å². The second-order valence-electron chi connectivity index (χ2n) is 7.58. The van der Waals surface area contributed by atoms with Crippen molar-refractivity contribution in [2.75, 3.05) is 6.61 Å². The van der Waals surface area contributed by atoms with Gasteiger partial charge in [0.2, 0.25) is 0 Å². The summed E-state index contributed by atoms with van der Waals surface area (Å²) in [7, 11) is 0. The van der Waals surface area contributed by atoms with Gasteiger partial charge in [-0.1, -0.05) is 0 Å². The SMILES string of the molecule is CCn1c(C)[n+](CC)c2ccc(OCCCCC(=O)OC(C)(C)C)cc21. The van der Waals surface area contributed by atoms with Crippen molar-refractivity contribution >= 4 is 17.0 Å². The van der Waals surface area contributed by atoms with Gasteiger partial charge in [-0.25, -0.2) is 9.13 Å². The average molecular weight is 362 g/mol. The highest BCUT2D eigenvalue weighted by atomic mass is 16.6. The molecule has 0 spiro atoms. The second-order valence-corrected chi connectivity index (χ2v) is 7.58. The van der Waals surface area contributed by atoms with E-state index in [1.807, 2.05) is 26.8 Å². The summed E-state index contributed by atoms with van der Waals surface area (Å²) in [4.78, 5) is 11.7. The quantitative estimate of drug-likeness (QED) is 0.403. The smallest absolute Gasteiger partial charge is 0.306 e. The van der Waals surface area contributed by atoms with E-state index in [0.29, 0.717) is 13.0 Å². The molecule has 0 saturated carbocycles. The summed E-state index contributed by atoms with van der Waals surface area (Å²) in [6.07, 6.45) is 2.05. The van der Waals surface area contributed by atoms with E-state index in [4.69, 9.17) is 9.47 Å². The number of aryl methyl sites for hydroxylation is 2. The predicted molar refractivity (Wildman–Crippen MR) is 103 cm³/mol. The Morgan fingerprint density at radius 2 is 1.92 bits per heavy atom. The van der Waals surface area contributed by atoms with E-state index < -0.39 is 5.60 Å². The van der Waals surface area contributed by atoms with E-state index in [2.05, 4.69) is 42.0 Å². The standard InChI is InChI=1S/C21H33N2O3/c1-7-22-16(3)23(8-2)19-15-17(12-13-18(19)22)25-14-10-9-11-20(24)26-21(4,5)6/h12-13,15H,7-11,14H2,1-6H3/q+1. The third kappa shape index (κ3) is 4.99. The van der Waals surface area contributed by atoms with Gasteiger partial charge in [-0.3, -0.25) is 4.79 Å². The molecule has 0 aliphatic carbocycles. The third-order valence-electron chi connectivity index (χ3n) is 4.41. The van der Waals surface area contributed by atoms with E-state index in [9.17, 15) is 4.79 Å². The maximum absolute atomic E-state index is 11.7. The monoisotopic (exact) mass is 361 g/mol. The zero-order chi connectivity index (χ0) is 19.3. The van der Waals surface area contributed by atoms with Gasteiger partial charge in [-0.05, 0) is 59.6 Å². The summed E-state index contributed by atoms with van der Waals surface area (Å²) >= 11 is 0. The minimum Gasteiger partial charge on any atom is -0.493 e. The first-order chi connectivity index (χ1) is 12.3. The highest BCUT2D eigenvalue weighted by molar-refractivity contribution is 5.74. The fourth-order valence-electron chi connectivity index (χ4n) is 3.28.